The predicted molar refractivity (Wildman–Crippen MR) is 78.4 cm³/mol. The molecule has 1 aromatic rings. The van der Waals surface area contributed by atoms with Gasteiger partial charge in [-0.2, -0.15) is 11.8 Å². The van der Waals surface area contributed by atoms with Crippen LogP contribution < -0.4 is 5.32 Å². The first-order valence-electron chi connectivity index (χ1n) is 6.42. The van der Waals surface area contributed by atoms with Crippen molar-refractivity contribution in [1.29, 1.82) is 0 Å². The van der Waals surface area contributed by atoms with E-state index in [4.69, 9.17) is 0 Å². The second kappa shape index (κ2) is 8.73. The smallest absolute Gasteiger partial charge is 0.275 e. The fourth-order valence-corrected chi connectivity index (χ4v) is 2.27. The third-order valence-electron chi connectivity index (χ3n) is 2.81. The molecule has 7 heteroatoms. The van der Waals surface area contributed by atoms with Crippen LogP contribution in [0.1, 0.15) is 25.7 Å². The minimum Gasteiger partial charge on any atom is -0.380 e. The van der Waals surface area contributed by atoms with Gasteiger partial charge in [-0.1, -0.05) is 12.8 Å². The molecule has 112 valence electrons. The molecule has 0 aliphatic rings. The molecule has 0 radical (unpaired) electrons. The number of halogens is 2. The van der Waals surface area contributed by atoms with Crippen LogP contribution in [0.25, 0.3) is 0 Å². The Morgan fingerprint density at radius 2 is 1.80 bits per heavy atom. The zero-order chi connectivity index (χ0) is 15.0. The van der Waals surface area contributed by atoms with Gasteiger partial charge in [0.1, 0.15) is 5.69 Å². The number of nitrogens with one attached hydrogen (secondary N) is 1. The van der Waals surface area contributed by atoms with E-state index in [9.17, 15) is 18.9 Å². The summed E-state index contributed by atoms with van der Waals surface area (Å²) in [7, 11) is 0. The molecule has 0 bridgehead atoms. The van der Waals surface area contributed by atoms with Crippen LogP contribution in [-0.2, 0) is 0 Å². The Hall–Kier alpha value is -1.37. The van der Waals surface area contributed by atoms with Gasteiger partial charge in [-0.05, 0) is 24.9 Å². The largest absolute Gasteiger partial charge is 0.380 e. The van der Waals surface area contributed by atoms with Gasteiger partial charge in [0.2, 0.25) is 0 Å². The summed E-state index contributed by atoms with van der Waals surface area (Å²) >= 11 is 1.80. The molecule has 0 aromatic heterocycles. The first-order valence-corrected chi connectivity index (χ1v) is 7.82. The maximum atomic E-state index is 13.5. The van der Waals surface area contributed by atoms with E-state index in [0.717, 1.165) is 43.6 Å². The maximum Gasteiger partial charge on any atom is 0.275 e. The third kappa shape index (κ3) is 5.32. The average molecular weight is 304 g/mol. The highest BCUT2D eigenvalue weighted by atomic mass is 32.2. The number of anilines is 1. The van der Waals surface area contributed by atoms with Crippen LogP contribution in [0, 0.1) is 21.7 Å². The van der Waals surface area contributed by atoms with E-state index in [1.165, 1.54) is 0 Å². The fraction of sp³-hybridized carbons (Fsp3) is 0.538. The first kappa shape index (κ1) is 16.7. The van der Waals surface area contributed by atoms with E-state index in [1.807, 2.05) is 0 Å². The monoisotopic (exact) mass is 304 g/mol. The van der Waals surface area contributed by atoms with Crippen molar-refractivity contribution in [3.8, 4) is 0 Å². The van der Waals surface area contributed by atoms with Gasteiger partial charge >= 0.3 is 0 Å². The van der Waals surface area contributed by atoms with Gasteiger partial charge in [0.05, 0.1) is 17.1 Å². The molecule has 4 nitrogen and oxygen atoms in total. The molecule has 0 amide bonds. The van der Waals surface area contributed by atoms with Crippen molar-refractivity contribution < 1.29 is 13.7 Å². The van der Waals surface area contributed by atoms with E-state index in [0.29, 0.717) is 6.54 Å². The molecule has 1 N–H and O–H groups in total. The molecule has 0 heterocycles. The summed E-state index contributed by atoms with van der Waals surface area (Å²) in [6.07, 6.45) is 6.09. The second-order valence-electron chi connectivity index (χ2n) is 4.38. The molecule has 0 atom stereocenters. The maximum absolute atomic E-state index is 13.5. The van der Waals surface area contributed by atoms with Crippen LogP contribution in [0.2, 0.25) is 0 Å². The number of rotatable bonds is 9. The molecule has 0 spiro atoms. The third-order valence-corrected chi connectivity index (χ3v) is 3.51. The van der Waals surface area contributed by atoms with Crippen molar-refractivity contribution in [3.05, 3.63) is 33.9 Å². The normalized spacial score (nSPS) is 10.6. The Morgan fingerprint density at radius 1 is 1.20 bits per heavy atom. The van der Waals surface area contributed by atoms with Crippen molar-refractivity contribution in [2.75, 3.05) is 23.9 Å². The number of nitro groups is 1. The molecule has 1 rings (SSSR count). The molecule has 0 aliphatic heterocycles. The lowest BCUT2D eigenvalue weighted by atomic mass is 10.2. The molecule has 0 fully saturated rings. The highest BCUT2D eigenvalue weighted by Gasteiger charge is 2.16. The van der Waals surface area contributed by atoms with E-state index < -0.39 is 22.2 Å². The van der Waals surface area contributed by atoms with Gasteiger partial charge in [-0.3, -0.25) is 10.1 Å². The molecule has 20 heavy (non-hydrogen) atoms. The van der Waals surface area contributed by atoms with Gasteiger partial charge in [-0.15, -0.1) is 0 Å². The Morgan fingerprint density at radius 3 is 2.35 bits per heavy atom. The van der Waals surface area contributed by atoms with Crippen LogP contribution in [0.3, 0.4) is 0 Å². The quantitative estimate of drug-likeness (QED) is 0.422. The van der Waals surface area contributed by atoms with Crippen molar-refractivity contribution in [2.24, 2.45) is 0 Å². The molecule has 0 aliphatic carbocycles. The van der Waals surface area contributed by atoms with Crippen molar-refractivity contribution in [3.63, 3.8) is 0 Å². The van der Waals surface area contributed by atoms with Crippen molar-refractivity contribution in [2.45, 2.75) is 25.7 Å². The van der Waals surface area contributed by atoms with Crippen LogP contribution in [-0.4, -0.2) is 23.5 Å². The van der Waals surface area contributed by atoms with Gasteiger partial charge < -0.3 is 5.32 Å². The van der Waals surface area contributed by atoms with E-state index >= 15 is 0 Å². The lowest BCUT2D eigenvalue weighted by molar-refractivity contribution is -0.385. The SMILES string of the molecule is CSCCCCCCNc1c(F)cc([N+](=O)[O-])cc1F. The van der Waals surface area contributed by atoms with E-state index in [2.05, 4.69) is 11.6 Å². The summed E-state index contributed by atoms with van der Waals surface area (Å²) in [5.74, 6) is -0.739. The van der Waals surface area contributed by atoms with Gasteiger partial charge in [-0.25, -0.2) is 8.78 Å². The number of benzene rings is 1. The summed E-state index contributed by atoms with van der Waals surface area (Å²) in [5, 5.41) is 13.1. The predicted octanol–water partition coefficient (Wildman–Crippen LogP) is 4.21. The molecule has 0 saturated heterocycles. The Labute approximate surface area is 121 Å². The van der Waals surface area contributed by atoms with Crippen molar-refractivity contribution in [1.82, 2.24) is 0 Å². The van der Waals surface area contributed by atoms with E-state index in [1.54, 1.807) is 11.8 Å². The fourth-order valence-electron chi connectivity index (χ4n) is 1.77. The topological polar surface area (TPSA) is 55.2 Å². The highest BCUT2D eigenvalue weighted by Crippen LogP contribution is 2.24. The number of nitrogens with zero attached hydrogens (tertiary/aromatic N) is 1. The number of nitro benzene ring substituents is 1. The summed E-state index contributed by atoms with van der Waals surface area (Å²) in [6.45, 7) is 0.449. The minimum atomic E-state index is -0.931. The molecular weight excluding hydrogens is 286 g/mol. The first-order chi connectivity index (χ1) is 9.56. The molecule has 0 unspecified atom stereocenters. The molecular formula is C13H18F2N2O2S. The summed E-state index contributed by atoms with van der Waals surface area (Å²) < 4.78 is 27.1. The van der Waals surface area contributed by atoms with Crippen LogP contribution in [0.4, 0.5) is 20.2 Å². The number of hydrogen-bond acceptors (Lipinski definition) is 4. The number of hydrogen-bond donors (Lipinski definition) is 1. The van der Waals surface area contributed by atoms with Crippen LogP contribution in [0.5, 0.6) is 0 Å². The van der Waals surface area contributed by atoms with Gasteiger partial charge in [0, 0.05) is 6.54 Å². The molecule has 0 saturated carbocycles. The lowest BCUT2D eigenvalue weighted by Crippen LogP contribution is -2.06. The highest BCUT2D eigenvalue weighted by molar-refractivity contribution is 7.98. The Balaban J connectivity index is 2.42. The summed E-state index contributed by atoms with van der Waals surface area (Å²) in [6, 6.07) is 1.45. The number of non-ortho nitro benzene ring substituents is 1. The lowest BCUT2D eigenvalue weighted by Gasteiger charge is -2.08. The Kier molecular flexibility index (Phi) is 7.28. The number of unbranched alkanes of at least 4 members (excludes halogenated alkanes) is 3. The van der Waals surface area contributed by atoms with E-state index in [-0.39, 0.29) is 5.69 Å². The number of thioether (sulfide) groups is 1. The van der Waals surface area contributed by atoms with Crippen molar-refractivity contribution >= 4 is 23.1 Å². The standard InChI is InChI=1S/C13H18F2N2O2S/c1-20-7-5-3-2-4-6-16-13-11(14)8-10(17(18)19)9-12(13)15/h8-9,16H,2-7H2,1H3. The zero-order valence-corrected chi connectivity index (χ0v) is 12.1. The summed E-state index contributed by atoms with van der Waals surface area (Å²) in [4.78, 5) is 9.63. The minimum absolute atomic E-state index is 0.292. The zero-order valence-electron chi connectivity index (χ0n) is 11.3. The van der Waals surface area contributed by atoms with Gasteiger partial charge in [0.25, 0.3) is 5.69 Å². The average Bonchev–Trinajstić information content (AvgIpc) is 2.40. The second-order valence-corrected chi connectivity index (χ2v) is 5.36. The van der Waals surface area contributed by atoms with Crippen LogP contribution in [0.15, 0.2) is 12.1 Å². The van der Waals surface area contributed by atoms with Crippen LogP contribution >= 0.6 is 11.8 Å². The Bertz CT molecular complexity index is 435. The molecule has 1 aromatic carbocycles. The summed E-state index contributed by atoms with van der Waals surface area (Å²) in [5.41, 5.74) is -0.873. The van der Waals surface area contributed by atoms with Gasteiger partial charge in [0.15, 0.2) is 11.6 Å².